The molecule has 0 aliphatic carbocycles. The quantitative estimate of drug-likeness (QED) is 0.0797. The second kappa shape index (κ2) is 16.5. The van der Waals surface area contributed by atoms with E-state index in [9.17, 15) is 39.9 Å². The molecule has 0 spiro atoms. The van der Waals surface area contributed by atoms with Gasteiger partial charge in [0.25, 0.3) is 11.8 Å². The summed E-state index contributed by atoms with van der Waals surface area (Å²) in [6.07, 6.45) is 1.82. The molecular formula is C46H42F6N2O5P2. The van der Waals surface area contributed by atoms with Crippen LogP contribution in [0, 0.1) is 0 Å². The average molecular weight is 879 g/mol. The van der Waals surface area contributed by atoms with Crippen molar-refractivity contribution < 1.29 is 49.4 Å². The molecule has 6 aromatic carbocycles. The fraction of sp³-hybridized carbons (Fsp3) is 0.174. The molecule has 2 amide bonds. The number of methoxy groups -OCH3 is 1. The Morgan fingerprint density at radius 2 is 1.16 bits per heavy atom. The van der Waals surface area contributed by atoms with Crippen LogP contribution < -0.4 is 25.4 Å². The number of rotatable bonds is 11. The third-order valence-corrected chi connectivity index (χ3v) is 15.1. The van der Waals surface area contributed by atoms with E-state index in [1.807, 2.05) is 36.4 Å². The zero-order valence-corrected chi connectivity index (χ0v) is 34.7. The summed E-state index contributed by atoms with van der Waals surface area (Å²) in [4.78, 5) is 30.8. The molecule has 2 aliphatic heterocycles. The van der Waals surface area contributed by atoms with Crippen LogP contribution >= 0.6 is 15.1 Å². The van der Waals surface area contributed by atoms with Crippen molar-refractivity contribution in [3.63, 3.8) is 0 Å². The molecule has 0 unspecified atom stereocenters. The van der Waals surface area contributed by atoms with E-state index < -0.39 is 15.1 Å². The van der Waals surface area contributed by atoms with Gasteiger partial charge in [0, 0.05) is 37.2 Å². The summed E-state index contributed by atoms with van der Waals surface area (Å²) in [7, 11) is -11.0. The van der Waals surface area contributed by atoms with E-state index >= 15 is 0 Å². The van der Waals surface area contributed by atoms with Gasteiger partial charge in [-0.1, -0.05) is 72.8 Å². The number of phenolic OH excluding ortho intramolecular Hbond substituents is 1. The van der Waals surface area contributed by atoms with Crippen molar-refractivity contribution in [2.24, 2.45) is 0 Å². The predicted molar refractivity (Wildman–Crippen MR) is 228 cm³/mol. The first-order chi connectivity index (χ1) is 28.9. The molecule has 0 atom stereocenters. The minimum atomic E-state index is -10.7. The Hall–Kier alpha value is -5.90. The monoisotopic (exact) mass is 878 g/mol. The van der Waals surface area contributed by atoms with Gasteiger partial charge in [-0.05, 0) is 89.5 Å². The third-order valence-electron chi connectivity index (χ3n) is 10.6. The van der Waals surface area contributed by atoms with Crippen LogP contribution in [0.25, 0.3) is 0 Å². The molecule has 2 aliphatic rings. The molecule has 0 fully saturated rings. The standard InChI is InChI=1S/C46H41N2O5P.F6P/c1-52-44-20-11-13-35-30-48(32-42(35)44)45(50)33-22-24-43(49)41(28-33)46(51)47-29-34-21-23-37(27-36(34)31-47)53-25-12-26-54(38-14-5-2-6-15-38,39-16-7-3-8-17-39)40-18-9-4-10-19-40;1-7(2,3,4,5)6/h2-11,13-24,27-28H,12,25-26,29-32H2,1H3;/q;-1/p+1. The van der Waals surface area contributed by atoms with Crippen LogP contribution in [-0.4, -0.2) is 46.6 Å². The first-order valence-electron chi connectivity index (χ1n) is 19.3. The van der Waals surface area contributed by atoms with Gasteiger partial charge in [0.15, 0.2) is 0 Å². The van der Waals surface area contributed by atoms with Gasteiger partial charge < -0.3 is 24.4 Å². The minimum absolute atomic E-state index is 0.112. The zero-order chi connectivity index (χ0) is 43.5. The van der Waals surface area contributed by atoms with Crippen LogP contribution in [0.15, 0.2) is 146 Å². The second-order valence-electron chi connectivity index (χ2n) is 14.8. The molecular weight excluding hydrogens is 836 g/mol. The van der Waals surface area contributed by atoms with E-state index in [2.05, 4.69) is 91.0 Å². The third kappa shape index (κ3) is 10.5. The van der Waals surface area contributed by atoms with Crippen molar-refractivity contribution in [1.82, 2.24) is 9.80 Å². The zero-order valence-electron chi connectivity index (χ0n) is 32.9. The molecule has 0 radical (unpaired) electrons. The summed E-state index contributed by atoms with van der Waals surface area (Å²) < 4.78 is 71.1. The number of hydrogen-bond donors (Lipinski definition) is 1. The van der Waals surface area contributed by atoms with Crippen molar-refractivity contribution in [2.75, 3.05) is 19.9 Å². The van der Waals surface area contributed by atoms with Crippen molar-refractivity contribution in [3.05, 3.63) is 179 Å². The molecule has 2 heterocycles. The first kappa shape index (κ1) is 43.2. The maximum atomic E-state index is 13.8. The number of aromatic hydroxyl groups is 1. The van der Waals surface area contributed by atoms with E-state index in [-0.39, 0.29) is 23.1 Å². The van der Waals surface area contributed by atoms with Crippen LogP contribution in [0.1, 0.15) is 49.4 Å². The number of carbonyl (C=O) groups is 2. The first-order valence-corrected chi connectivity index (χ1v) is 23.3. The van der Waals surface area contributed by atoms with Crippen LogP contribution in [0.2, 0.25) is 0 Å². The van der Waals surface area contributed by atoms with Gasteiger partial charge in [-0.2, -0.15) is 0 Å². The second-order valence-corrected chi connectivity index (χ2v) is 20.3. The van der Waals surface area contributed by atoms with E-state index in [1.54, 1.807) is 23.0 Å². The molecule has 15 heteroatoms. The Bertz CT molecular complexity index is 2440. The Balaban J connectivity index is 0.000000739. The number of nitrogens with zero attached hydrogens (tertiary/aromatic N) is 2. The van der Waals surface area contributed by atoms with Gasteiger partial charge in [0.1, 0.15) is 40.4 Å². The van der Waals surface area contributed by atoms with Gasteiger partial charge in [0.2, 0.25) is 0 Å². The van der Waals surface area contributed by atoms with Gasteiger partial charge >= 0.3 is 33.0 Å². The van der Waals surface area contributed by atoms with Crippen molar-refractivity contribution in [1.29, 1.82) is 0 Å². The fourth-order valence-electron chi connectivity index (χ4n) is 7.90. The molecule has 0 aromatic heterocycles. The maximum absolute atomic E-state index is 13.8. The summed E-state index contributed by atoms with van der Waals surface area (Å²) in [5, 5.41) is 14.8. The van der Waals surface area contributed by atoms with Crippen LogP contribution in [-0.2, 0) is 26.2 Å². The molecule has 1 N–H and O–H groups in total. The molecule has 8 rings (SSSR count). The molecule has 61 heavy (non-hydrogen) atoms. The van der Waals surface area contributed by atoms with Crippen LogP contribution in [0.5, 0.6) is 17.2 Å². The Morgan fingerprint density at radius 1 is 0.623 bits per heavy atom. The number of phenols is 1. The fourth-order valence-corrected chi connectivity index (χ4v) is 12.2. The normalized spacial score (nSPS) is 14.5. The van der Waals surface area contributed by atoms with E-state index in [1.165, 1.54) is 28.0 Å². The van der Waals surface area contributed by atoms with Gasteiger partial charge in [-0.3, -0.25) is 9.59 Å². The molecule has 0 bridgehead atoms. The molecule has 7 nitrogen and oxygen atoms in total. The average Bonchev–Trinajstić information content (AvgIpc) is 3.88. The molecule has 0 saturated carbocycles. The Kier molecular flexibility index (Phi) is 11.7. The van der Waals surface area contributed by atoms with Crippen molar-refractivity contribution >= 4 is 42.8 Å². The van der Waals surface area contributed by atoms with Crippen molar-refractivity contribution in [3.8, 4) is 17.2 Å². The number of carbonyl (C=O) groups excluding carboxylic acids is 2. The topological polar surface area (TPSA) is 79.3 Å². The summed E-state index contributed by atoms with van der Waals surface area (Å²) in [5.74, 6) is 0.844. The molecule has 318 valence electrons. The number of fused-ring (bicyclic) bond motifs is 2. The van der Waals surface area contributed by atoms with Crippen molar-refractivity contribution in [2.45, 2.75) is 32.6 Å². The number of amides is 2. The number of halogens is 6. The van der Waals surface area contributed by atoms with E-state index in [4.69, 9.17) is 9.47 Å². The number of ether oxygens (including phenoxy) is 2. The van der Waals surface area contributed by atoms with Gasteiger partial charge in [0.05, 0.1) is 32.0 Å². The van der Waals surface area contributed by atoms with Crippen LogP contribution in [0.3, 0.4) is 0 Å². The van der Waals surface area contributed by atoms with Gasteiger partial charge in [-0.25, -0.2) is 0 Å². The summed E-state index contributed by atoms with van der Waals surface area (Å²) in [6.45, 7) is 2.22. The summed E-state index contributed by atoms with van der Waals surface area (Å²) in [6, 6.07) is 49.0. The molecule has 0 saturated heterocycles. The van der Waals surface area contributed by atoms with E-state index in [0.717, 1.165) is 46.3 Å². The summed E-state index contributed by atoms with van der Waals surface area (Å²) in [5.41, 5.74) is 4.54. The van der Waals surface area contributed by atoms with Gasteiger partial charge in [-0.15, -0.1) is 0 Å². The SMILES string of the molecule is COc1cccc2c1CN(C(=O)c1ccc(O)c(C(=O)N3Cc4ccc(OCCC[P+](c5ccccc5)(c5ccccc5)c5ccccc5)cc4C3)c1)C2.F[P-](F)(F)(F)(F)F. The summed E-state index contributed by atoms with van der Waals surface area (Å²) >= 11 is 0. The Labute approximate surface area is 349 Å². The number of hydrogen-bond acceptors (Lipinski definition) is 5. The molecule has 6 aromatic rings. The van der Waals surface area contributed by atoms with E-state index in [0.29, 0.717) is 38.3 Å². The number of benzene rings is 6. The van der Waals surface area contributed by atoms with Crippen LogP contribution in [0.4, 0.5) is 25.2 Å². The predicted octanol–water partition coefficient (Wildman–Crippen LogP) is 10.9. The Morgan fingerprint density at radius 3 is 1.74 bits per heavy atom.